The monoisotopic (exact) mass is 266 g/mol. The van der Waals surface area contributed by atoms with Crippen molar-refractivity contribution in [2.45, 2.75) is 45.1 Å². The Labute approximate surface area is 111 Å². The quantitative estimate of drug-likeness (QED) is 0.813. The standard InChI is InChI=1S/C13H18N2O4/c1-8-11(19-7-14-8)12(16)15-10-6-4-2-3-5-9(10)13(17)18/h7,9-10H,2-6H2,1H3,(H,15,16)(H,17,18). The number of carboxylic acids is 1. The van der Waals surface area contributed by atoms with Gasteiger partial charge in [-0.25, -0.2) is 4.98 Å². The van der Waals surface area contributed by atoms with E-state index < -0.39 is 11.9 Å². The molecule has 0 spiro atoms. The van der Waals surface area contributed by atoms with E-state index in [0.29, 0.717) is 18.5 Å². The number of rotatable bonds is 3. The molecule has 0 bridgehead atoms. The molecular weight excluding hydrogens is 248 g/mol. The minimum absolute atomic E-state index is 0.161. The van der Waals surface area contributed by atoms with Gasteiger partial charge in [0.15, 0.2) is 6.39 Å². The van der Waals surface area contributed by atoms with Crippen molar-refractivity contribution in [1.82, 2.24) is 10.3 Å². The van der Waals surface area contributed by atoms with E-state index in [4.69, 9.17) is 4.42 Å². The van der Waals surface area contributed by atoms with Crippen LogP contribution < -0.4 is 5.32 Å². The first-order chi connectivity index (χ1) is 9.09. The number of nitrogens with zero attached hydrogens (tertiary/aromatic N) is 1. The molecule has 19 heavy (non-hydrogen) atoms. The molecule has 1 aromatic heterocycles. The van der Waals surface area contributed by atoms with Crippen molar-refractivity contribution in [3.8, 4) is 0 Å². The number of nitrogens with one attached hydrogen (secondary N) is 1. The lowest BCUT2D eigenvalue weighted by molar-refractivity contribution is -0.142. The van der Waals surface area contributed by atoms with Gasteiger partial charge in [-0.2, -0.15) is 0 Å². The number of aliphatic carboxylic acids is 1. The van der Waals surface area contributed by atoms with Crippen LogP contribution in [0.3, 0.4) is 0 Å². The molecule has 2 rings (SSSR count). The van der Waals surface area contributed by atoms with Crippen LogP contribution in [-0.4, -0.2) is 28.0 Å². The van der Waals surface area contributed by atoms with Crippen LogP contribution in [0.4, 0.5) is 0 Å². The third kappa shape index (κ3) is 3.13. The summed E-state index contributed by atoms with van der Waals surface area (Å²) in [7, 11) is 0. The summed E-state index contributed by atoms with van der Waals surface area (Å²) >= 11 is 0. The number of aromatic nitrogens is 1. The van der Waals surface area contributed by atoms with Gasteiger partial charge in [0, 0.05) is 6.04 Å². The largest absolute Gasteiger partial charge is 0.481 e. The number of carboxylic acid groups (broad SMARTS) is 1. The van der Waals surface area contributed by atoms with Crippen LogP contribution in [0, 0.1) is 12.8 Å². The Morgan fingerprint density at radius 1 is 1.37 bits per heavy atom. The highest BCUT2D eigenvalue weighted by molar-refractivity contribution is 5.92. The summed E-state index contributed by atoms with van der Waals surface area (Å²) in [6, 6.07) is -0.336. The first-order valence-electron chi connectivity index (χ1n) is 6.53. The van der Waals surface area contributed by atoms with E-state index in [-0.39, 0.29) is 17.7 Å². The number of aryl methyl sites for hydroxylation is 1. The molecule has 1 fully saturated rings. The van der Waals surface area contributed by atoms with Crippen LogP contribution in [0.2, 0.25) is 0 Å². The van der Waals surface area contributed by atoms with Gasteiger partial charge >= 0.3 is 5.97 Å². The zero-order valence-electron chi connectivity index (χ0n) is 10.9. The Morgan fingerprint density at radius 3 is 2.74 bits per heavy atom. The lowest BCUT2D eigenvalue weighted by atomic mass is 9.95. The molecule has 0 aromatic carbocycles. The van der Waals surface area contributed by atoms with Crippen LogP contribution in [-0.2, 0) is 4.79 Å². The molecule has 2 unspecified atom stereocenters. The first-order valence-corrected chi connectivity index (χ1v) is 6.53. The Kier molecular flexibility index (Phi) is 4.19. The van der Waals surface area contributed by atoms with Crippen LogP contribution in [0.15, 0.2) is 10.8 Å². The van der Waals surface area contributed by atoms with E-state index in [0.717, 1.165) is 19.3 Å². The highest BCUT2D eigenvalue weighted by Gasteiger charge is 2.31. The van der Waals surface area contributed by atoms with E-state index in [1.54, 1.807) is 6.92 Å². The molecule has 6 nitrogen and oxygen atoms in total. The van der Waals surface area contributed by atoms with Crippen LogP contribution in [0.5, 0.6) is 0 Å². The molecule has 0 aliphatic heterocycles. The van der Waals surface area contributed by atoms with Crippen molar-refractivity contribution in [2.24, 2.45) is 5.92 Å². The van der Waals surface area contributed by atoms with E-state index in [2.05, 4.69) is 10.3 Å². The fourth-order valence-electron chi connectivity index (χ4n) is 2.53. The number of carbonyl (C=O) groups excluding carboxylic acids is 1. The Hall–Kier alpha value is -1.85. The van der Waals surface area contributed by atoms with Gasteiger partial charge in [-0.15, -0.1) is 0 Å². The smallest absolute Gasteiger partial charge is 0.308 e. The fraction of sp³-hybridized carbons (Fsp3) is 0.615. The highest BCUT2D eigenvalue weighted by Crippen LogP contribution is 2.24. The van der Waals surface area contributed by atoms with Crippen molar-refractivity contribution in [3.63, 3.8) is 0 Å². The molecule has 6 heteroatoms. The third-order valence-electron chi connectivity index (χ3n) is 3.60. The zero-order valence-corrected chi connectivity index (χ0v) is 10.9. The van der Waals surface area contributed by atoms with Crippen molar-refractivity contribution >= 4 is 11.9 Å². The van der Waals surface area contributed by atoms with Gasteiger partial charge in [-0.3, -0.25) is 9.59 Å². The van der Waals surface area contributed by atoms with Gasteiger partial charge in [-0.05, 0) is 19.8 Å². The van der Waals surface area contributed by atoms with Crippen molar-refractivity contribution < 1.29 is 19.1 Å². The molecule has 2 N–H and O–H groups in total. The summed E-state index contributed by atoms with van der Waals surface area (Å²) in [5, 5.41) is 12.0. The third-order valence-corrected chi connectivity index (χ3v) is 3.60. The van der Waals surface area contributed by atoms with Crippen molar-refractivity contribution in [1.29, 1.82) is 0 Å². The number of amides is 1. The van der Waals surface area contributed by atoms with Gasteiger partial charge in [0.25, 0.3) is 5.91 Å². The van der Waals surface area contributed by atoms with Crippen molar-refractivity contribution in [3.05, 3.63) is 17.8 Å². The molecule has 0 radical (unpaired) electrons. The van der Waals surface area contributed by atoms with E-state index in [1.807, 2.05) is 0 Å². The van der Waals surface area contributed by atoms with E-state index in [1.165, 1.54) is 6.39 Å². The Balaban J connectivity index is 2.08. The van der Waals surface area contributed by atoms with Crippen LogP contribution in [0.1, 0.15) is 48.4 Å². The molecule has 104 valence electrons. The molecule has 1 heterocycles. The lowest BCUT2D eigenvalue weighted by Gasteiger charge is -2.22. The summed E-state index contributed by atoms with van der Waals surface area (Å²) in [6.45, 7) is 1.68. The molecule has 0 saturated heterocycles. The van der Waals surface area contributed by atoms with E-state index >= 15 is 0 Å². The topological polar surface area (TPSA) is 92.4 Å². The van der Waals surface area contributed by atoms with Gasteiger partial charge < -0.3 is 14.8 Å². The average molecular weight is 266 g/mol. The minimum atomic E-state index is -0.846. The second kappa shape index (κ2) is 5.86. The summed E-state index contributed by atoms with van der Waals surface area (Å²) in [5.41, 5.74) is 0.512. The normalized spacial score (nSPS) is 23.6. The zero-order chi connectivity index (χ0) is 13.8. The number of hydrogen-bond acceptors (Lipinski definition) is 4. The highest BCUT2D eigenvalue weighted by atomic mass is 16.4. The maximum atomic E-state index is 12.0. The molecule has 1 aromatic rings. The Bertz CT molecular complexity index is 469. The number of oxazole rings is 1. The summed E-state index contributed by atoms with van der Waals surface area (Å²) < 4.78 is 5.02. The first kappa shape index (κ1) is 13.6. The second-order valence-corrected chi connectivity index (χ2v) is 4.93. The fourth-order valence-corrected chi connectivity index (χ4v) is 2.53. The van der Waals surface area contributed by atoms with Gasteiger partial charge in [0.05, 0.1) is 11.6 Å². The van der Waals surface area contributed by atoms with Gasteiger partial charge in [0.2, 0.25) is 5.76 Å². The SMILES string of the molecule is Cc1ncoc1C(=O)NC1CCCCCC1C(=O)O. The van der Waals surface area contributed by atoms with Crippen LogP contribution >= 0.6 is 0 Å². The summed E-state index contributed by atoms with van der Waals surface area (Å²) in [4.78, 5) is 27.2. The number of hydrogen-bond donors (Lipinski definition) is 2. The minimum Gasteiger partial charge on any atom is -0.481 e. The van der Waals surface area contributed by atoms with Gasteiger partial charge in [-0.1, -0.05) is 19.3 Å². The molecule has 1 amide bonds. The van der Waals surface area contributed by atoms with Crippen LogP contribution in [0.25, 0.3) is 0 Å². The molecule has 1 aliphatic carbocycles. The Morgan fingerprint density at radius 2 is 2.11 bits per heavy atom. The van der Waals surface area contributed by atoms with Gasteiger partial charge in [0.1, 0.15) is 0 Å². The second-order valence-electron chi connectivity index (χ2n) is 4.93. The molecule has 2 atom stereocenters. The average Bonchev–Trinajstić information content (AvgIpc) is 2.65. The predicted molar refractivity (Wildman–Crippen MR) is 66.7 cm³/mol. The molecule has 1 saturated carbocycles. The summed E-state index contributed by atoms with van der Waals surface area (Å²) in [5.74, 6) is -1.59. The maximum Gasteiger partial charge on any atom is 0.308 e. The maximum absolute atomic E-state index is 12.0. The molecule has 1 aliphatic rings. The number of carbonyl (C=O) groups is 2. The predicted octanol–water partition coefficient (Wildman–Crippen LogP) is 1.75. The summed E-state index contributed by atoms with van der Waals surface area (Å²) in [6.07, 6.45) is 5.35. The van der Waals surface area contributed by atoms with E-state index in [9.17, 15) is 14.7 Å². The lowest BCUT2D eigenvalue weighted by Crippen LogP contribution is -2.42. The molecular formula is C13H18N2O4. The van der Waals surface area contributed by atoms with Crippen molar-refractivity contribution in [2.75, 3.05) is 0 Å².